The van der Waals surface area contributed by atoms with Crippen molar-refractivity contribution in [3.05, 3.63) is 23.2 Å². The van der Waals surface area contributed by atoms with Crippen LogP contribution in [-0.4, -0.2) is 39.3 Å². The fraction of sp³-hybridized carbons (Fsp3) is 0.455. The molecular formula is C11H17ClN2O4S. The number of aliphatic hydroxyl groups excluding tert-OH is 1. The van der Waals surface area contributed by atoms with Crippen molar-refractivity contribution in [2.24, 2.45) is 5.73 Å². The lowest BCUT2D eigenvalue weighted by atomic mass is 10.2. The van der Waals surface area contributed by atoms with E-state index in [2.05, 4.69) is 4.72 Å². The summed E-state index contributed by atoms with van der Waals surface area (Å²) in [6.45, 7) is 1.42. The van der Waals surface area contributed by atoms with Crippen LogP contribution in [0.3, 0.4) is 0 Å². The number of halogens is 1. The predicted octanol–water partition coefficient (Wildman–Crippen LogP) is 0.335. The monoisotopic (exact) mass is 308 g/mol. The van der Waals surface area contributed by atoms with Crippen molar-refractivity contribution < 1.29 is 18.3 Å². The second-order valence-corrected chi connectivity index (χ2v) is 6.23. The molecule has 0 saturated carbocycles. The zero-order valence-corrected chi connectivity index (χ0v) is 12.2. The molecular weight excluding hydrogens is 292 g/mol. The van der Waals surface area contributed by atoms with Crippen molar-refractivity contribution in [2.75, 3.05) is 13.7 Å². The Labute approximate surface area is 117 Å². The first-order valence-electron chi connectivity index (χ1n) is 5.54. The summed E-state index contributed by atoms with van der Waals surface area (Å²) >= 11 is 5.87. The standard InChI is InChI=1S/C11H17ClN2O4S/c1-7(15)10(13)6-14-19(16,17)8-3-4-11(18-2)9(12)5-8/h3-5,7,10,14-15H,6,13H2,1-2H3. The van der Waals surface area contributed by atoms with Gasteiger partial charge in [-0.05, 0) is 25.1 Å². The summed E-state index contributed by atoms with van der Waals surface area (Å²) in [5.41, 5.74) is 5.55. The van der Waals surface area contributed by atoms with E-state index in [9.17, 15) is 13.5 Å². The highest BCUT2D eigenvalue weighted by molar-refractivity contribution is 7.89. The molecule has 0 radical (unpaired) electrons. The van der Waals surface area contributed by atoms with E-state index in [0.29, 0.717) is 5.75 Å². The number of hydrogen-bond acceptors (Lipinski definition) is 5. The van der Waals surface area contributed by atoms with Crippen LogP contribution in [0.5, 0.6) is 5.75 Å². The van der Waals surface area contributed by atoms with E-state index in [1.54, 1.807) is 0 Å². The number of methoxy groups -OCH3 is 1. The lowest BCUT2D eigenvalue weighted by molar-refractivity contribution is 0.164. The number of aliphatic hydroxyl groups is 1. The number of nitrogens with two attached hydrogens (primary N) is 1. The fourth-order valence-corrected chi connectivity index (χ4v) is 2.70. The molecule has 0 fully saturated rings. The van der Waals surface area contributed by atoms with E-state index in [0.717, 1.165) is 0 Å². The quantitative estimate of drug-likeness (QED) is 0.703. The Bertz CT molecular complexity index is 533. The molecule has 0 amide bonds. The maximum atomic E-state index is 12.0. The van der Waals surface area contributed by atoms with Gasteiger partial charge in [0, 0.05) is 12.6 Å². The first-order chi connectivity index (χ1) is 8.77. The van der Waals surface area contributed by atoms with Crippen LogP contribution in [0.1, 0.15) is 6.92 Å². The van der Waals surface area contributed by atoms with E-state index in [4.69, 9.17) is 22.1 Å². The van der Waals surface area contributed by atoms with Gasteiger partial charge >= 0.3 is 0 Å². The highest BCUT2D eigenvalue weighted by Crippen LogP contribution is 2.26. The van der Waals surface area contributed by atoms with E-state index in [1.165, 1.54) is 32.2 Å². The largest absolute Gasteiger partial charge is 0.495 e. The Morgan fingerprint density at radius 1 is 1.53 bits per heavy atom. The Kier molecular flexibility index (Phi) is 5.57. The predicted molar refractivity (Wildman–Crippen MR) is 72.8 cm³/mol. The van der Waals surface area contributed by atoms with Crippen molar-refractivity contribution in [1.29, 1.82) is 0 Å². The van der Waals surface area contributed by atoms with Crippen molar-refractivity contribution in [2.45, 2.75) is 24.0 Å². The first kappa shape index (κ1) is 16.2. The molecule has 1 aromatic rings. The molecule has 2 atom stereocenters. The maximum absolute atomic E-state index is 12.0. The Morgan fingerprint density at radius 2 is 2.16 bits per heavy atom. The van der Waals surface area contributed by atoms with E-state index in [-0.39, 0.29) is 16.5 Å². The number of benzene rings is 1. The molecule has 0 saturated heterocycles. The Balaban J connectivity index is 2.86. The normalized spacial score (nSPS) is 15.0. The number of nitrogens with one attached hydrogen (secondary N) is 1. The Morgan fingerprint density at radius 3 is 2.63 bits per heavy atom. The molecule has 0 aliphatic carbocycles. The number of ether oxygens (including phenoxy) is 1. The minimum absolute atomic E-state index is 0.0103. The topological polar surface area (TPSA) is 102 Å². The van der Waals surface area contributed by atoms with Gasteiger partial charge in [-0.15, -0.1) is 0 Å². The van der Waals surface area contributed by atoms with Gasteiger partial charge in [0.1, 0.15) is 5.75 Å². The van der Waals surface area contributed by atoms with Gasteiger partial charge in [-0.2, -0.15) is 0 Å². The summed E-state index contributed by atoms with van der Waals surface area (Å²) in [7, 11) is -2.28. The first-order valence-corrected chi connectivity index (χ1v) is 7.41. The van der Waals surface area contributed by atoms with Crippen LogP contribution in [0.4, 0.5) is 0 Å². The minimum Gasteiger partial charge on any atom is -0.495 e. The Hall–Kier alpha value is -0.860. The molecule has 0 heterocycles. The lowest BCUT2D eigenvalue weighted by Crippen LogP contribution is -2.43. The van der Waals surface area contributed by atoms with Crippen LogP contribution in [-0.2, 0) is 10.0 Å². The minimum atomic E-state index is -3.72. The van der Waals surface area contributed by atoms with Gasteiger partial charge in [-0.1, -0.05) is 11.6 Å². The van der Waals surface area contributed by atoms with Gasteiger partial charge in [0.25, 0.3) is 0 Å². The van der Waals surface area contributed by atoms with Crippen molar-refractivity contribution in [1.82, 2.24) is 4.72 Å². The maximum Gasteiger partial charge on any atom is 0.240 e. The van der Waals surface area contributed by atoms with Crippen LogP contribution in [0.25, 0.3) is 0 Å². The van der Waals surface area contributed by atoms with E-state index < -0.39 is 22.2 Å². The number of rotatable bonds is 6. The van der Waals surface area contributed by atoms with Gasteiger partial charge in [0.15, 0.2) is 0 Å². The molecule has 0 aromatic heterocycles. The molecule has 8 heteroatoms. The molecule has 6 nitrogen and oxygen atoms in total. The fourth-order valence-electron chi connectivity index (χ4n) is 1.27. The number of sulfonamides is 1. The zero-order valence-electron chi connectivity index (χ0n) is 10.6. The second-order valence-electron chi connectivity index (χ2n) is 4.05. The molecule has 108 valence electrons. The summed E-state index contributed by atoms with van der Waals surface area (Å²) in [5, 5.41) is 9.40. The average molecular weight is 309 g/mol. The third kappa shape index (κ3) is 4.32. The molecule has 1 rings (SSSR count). The SMILES string of the molecule is COc1ccc(S(=O)(=O)NCC(N)C(C)O)cc1Cl. The zero-order chi connectivity index (χ0) is 14.6. The number of hydrogen-bond donors (Lipinski definition) is 3. The van der Waals surface area contributed by atoms with E-state index in [1.807, 2.05) is 0 Å². The summed E-state index contributed by atoms with van der Waals surface area (Å²) in [5.74, 6) is 0.390. The summed E-state index contributed by atoms with van der Waals surface area (Å²) in [4.78, 5) is 0.0103. The highest BCUT2D eigenvalue weighted by Gasteiger charge is 2.18. The third-order valence-corrected chi connectivity index (χ3v) is 4.28. The van der Waals surface area contributed by atoms with Crippen LogP contribution < -0.4 is 15.2 Å². The molecule has 2 unspecified atom stereocenters. The van der Waals surface area contributed by atoms with Gasteiger partial charge in [0.05, 0.1) is 23.1 Å². The van der Waals surface area contributed by atoms with Gasteiger partial charge in [-0.3, -0.25) is 0 Å². The molecule has 1 aromatic carbocycles. The van der Waals surface area contributed by atoms with Gasteiger partial charge in [0.2, 0.25) is 10.0 Å². The molecule has 19 heavy (non-hydrogen) atoms. The van der Waals surface area contributed by atoms with Crippen LogP contribution in [0.2, 0.25) is 5.02 Å². The van der Waals surface area contributed by atoms with Crippen molar-refractivity contribution in [3.63, 3.8) is 0 Å². The van der Waals surface area contributed by atoms with E-state index >= 15 is 0 Å². The molecule has 0 aliphatic rings. The summed E-state index contributed by atoms with van der Waals surface area (Å²) in [6, 6.07) is 3.45. The summed E-state index contributed by atoms with van der Waals surface area (Å²) in [6.07, 6.45) is -0.804. The second kappa shape index (κ2) is 6.53. The van der Waals surface area contributed by atoms with Crippen molar-refractivity contribution >= 4 is 21.6 Å². The smallest absolute Gasteiger partial charge is 0.240 e. The molecule has 0 bridgehead atoms. The average Bonchev–Trinajstić information content (AvgIpc) is 2.35. The molecule has 0 spiro atoms. The lowest BCUT2D eigenvalue weighted by Gasteiger charge is -2.15. The van der Waals surface area contributed by atoms with Crippen LogP contribution in [0, 0.1) is 0 Å². The molecule has 4 N–H and O–H groups in total. The molecule has 0 aliphatic heterocycles. The van der Waals surface area contributed by atoms with Crippen LogP contribution in [0.15, 0.2) is 23.1 Å². The van der Waals surface area contributed by atoms with Crippen LogP contribution >= 0.6 is 11.6 Å². The highest BCUT2D eigenvalue weighted by atomic mass is 35.5. The van der Waals surface area contributed by atoms with Crippen molar-refractivity contribution in [3.8, 4) is 5.75 Å². The summed E-state index contributed by atoms with van der Waals surface area (Å²) < 4.78 is 31.2. The van der Waals surface area contributed by atoms with Gasteiger partial charge < -0.3 is 15.6 Å². The van der Waals surface area contributed by atoms with Gasteiger partial charge in [-0.25, -0.2) is 13.1 Å². The third-order valence-electron chi connectivity index (χ3n) is 2.56.